The molecule has 2 rings (SSSR count). The third-order valence-corrected chi connectivity index (χ3v) is 3.55. The van der Waals surface area contributed by atoms with Gasteiger partial charge in [-0.25, -0.2) is 9.48 Å². The second-order valence-electron chi connectivity index (χ2n) is 5.18. The molecule has 0 aliphatic heterocycles. The van der Waals surface area contributed by atoms with Gasteiger partial charge in [0.15, 0.2) is 5.69 Å². The minimum Gasteiger partial charge on any atom is -0.476 e. The number of aromatic carboxylic acids is 1. The average molecular weight is 302 g/mol. The zero-order valence-corrected chi connectivity index (χ0v) is 12.7. The standard InChI is InChI=1S/C15H18N4O3/c1-9-5-4-6-12(10(9)2)11(3)16-14(20)8-19-7-13(15(21)22)17-18-19/h4-7,11H,8H2,1-3H3,(H,16,20)(H,21,22). The Kier molecular flexibility index (Phi) is 4.55. The van der Waals surface area contributed by atoms with Crippen molar-refractivity contribution in [2.45, 2.75) is 33.4 Å². The van der Waals surface area contributed by atoms with Gasteiger partial charge in [-0.1, -0.05) is 23.4 Å². The summed E-state index contributed by atoms with van der Waals surface area (Å²) in [6.07, 6.45) is 1.23. The molecule has 2 aromatic rings. The Balaban J connectivity index is 2.01. The molecule has 0 saturated carbocycles. The van der Waals surface area contributed by atoms with Gasteiger partial charge in [0.1, 0.15) is 6.54 Å². The van der Waals surface area contributed by atoms with Gasteiger partial charge in [-0.3, -0.25) is 4.79 Å². The van der Waals surface area contributed by atoms with Crippen LogP contribution in [-0.4, -0.2) is 32.0 Å². The van der Waals surface area contributed by atoms with Crippen molar-refractivity contribution < 1.29 is 14.7 Å². The lowest BCUT2D eigenvalue weighted by Crippen LogP contribution is -2.30. The Hall–Kier alpha value is -2.70. The topological polar surface area (TPSA) is 97.1 Å². The fourth-order valence-corrected chi connectivity index (χ4v) is 2.23. The molecule has 1 unspecified atom stereocenters. The van der Waals surface area contributed by atoms with Gasteiger partial charge in [-0.2, -0.15) is 0 Å². The fourth-order valence-electron chi connectivity index (χ4n) is 2.23. The summed E-state index contributed by atoms with van der Waals surface area (Å²) in [5, 5.41) is 18.7. The number of carbonyl (C=O) groups is 2. The molecular weight excluding hydrogens is 284 g/mol. The van der Waals surface area contributed by atoms with E-state index in [1.165, 1.54) is 16.4 Å². The summed E-state index contributed by atoms with van der Waals surface area (Å²) in [6.45, 7) is 5.87. The molecule has 0 spiro atoms. The SMILES string of the molecule is Cc1cccc(C(C)NC(=O)Cn2cc(C(=O)O)nn2)c1C. The first-order valence-corrected chi connectivity index (χ1v) is 6.87. The largest absolute Gasteiger partial charge is 0.476 e. The lowest BCUT2D eigenvalue weighted by Gasteiger charge is -2.17. The van der Waals surface area contributed by atoms with E-state index in [4.69, 9.17) is 5.11 Å². The van der Waals surface area contributed by atoms with E-state index in [-0.39, 0.29) is 24.2 Å². The molecule has 22 heavy (non-hydrogen) atoms. The quantitative estimate of drug-likeness (QED) is 0.871. The molecule has 7 heteroatoms. The monoisotopic (exact) mass is 302 g/mol. The number of carboxylic acids is 1. The molecule has 1 aromatic heterocycles. The normalized spacial score (nSPS) is 12.0. The number of amides is 1. The van der Waals surface area contributed by atoms with E-state index in [1.54, 1.807) is 0 Å². The van der Waals surface area contributed by atoms with Crippen molar-refractivity contribution in [1.82, 2.24) is 20.3 Å². The summed E-state index contributed by atoms with van der Waals surface area (Å²) in [5.74, 6) is -1.43. The zero-order valence-electron chi connectivity index (χ0n) is 12.7. The van der Waals surface area contributed by atoms with E-state index < -0.39 is 5.97 Å². The Morgan fingerprint density at radius 1 is 1.36 bits per heavy atom. The van der Waals surface area contributed by atoms with Gasteiger partial charge < -0.3 is 10.4 Å². The molecule has 0 bridgehead atoms. The van der Waals surface area contributed by atoms with E-state index >= 15 is 0 Å². The summed E-state index contributed by atoms with van der Waals surface area (Å²) in [7, 11) is 0. The number of carboxylic acid groups (broad SMARTS) is 1. The van der Waals surface area contributed by atoms with Crippen LogP contribution >= 0.6 is 0 Å². The number of aryl methyl sites for hydroxylation is 1. The summed E-state index contributed by atoms with van der Waals surface area (Å²) in [5.41, 5.74) is 3.18. The van der Waals surface area contributed by atoms with Crippen molar-refractivity contribution in [3.05, 3.63) is 46.8 Å². The highest BCUT2D eigenvalue weighted by molar-refractivity contribution is 5.84. The first-order valence-electron chi connectivity index (χ1n) is 6.87. The molecule has 0 fully saturated rings. The van der Waals surface area contributed by atoms with Gasteiger partial charge in [0, 0.05) is 0 Å². The van der Waals surface area contributed by atoms with Gasteiger partial charge in [0.2, 0.25) is 5.91 Å². The lowest BCUT2D eigenvalue weighted by molar-refractivity contribution is -0.122. The third kappa shape index (κ3) is 3.49. The maximum atomic E-state index is 12.0. The van der Waals surface area contributed by atoms with Crippen molar-refractivity contribution in [3.8, 4) is 0 Å². The Bertz CT molecular complexity index is 709. The zero-order chi connectivity index (χ0) is 16.3. The number of hydrogen-bond donors (Lipinski definition) is 2. The highest BCUT2D eigenvalue weighted by Crippen LogP contribution is 2.19. The molecule has 1 aromatic carbocycles. The van der Waals surface area contributed by atoms with Crippen LogP contribution in [0.1, 0.15) is 40.1 Å². The van der Waals surface area contributed by atoms with Gasteiger partial charge >= 0.3 is 5.97 Å². The minimum absolute atomic E-state index is 0.0739. The second kappa shape index (κ2) is 6.38. The number of nitrogens with zero attached hydrogens (tertiary/aromatic N) is 3. The first-order chi connectivity index (χ1) is 10.4. The average Bonchev–Trinajstić information content (AvgIpc) is 2.90. The van der Waals surface area contributed by atoms with Gasteiger partial charge in [-0.05, 0) is 37.5 Å². The van der Waals surface area contributed by atoms with Crippen LogP contribution in [0.4, 0.5) is 0 Å². The first kappa shape index (κ1) is 15.7. The molecule has 2 N–H and O–H groups in total. The van der Waals surface area contributed by atoms with E-state index in [2.05, 4.69) is 15.6 Å². The van der Waals surface area contributed by atoms with Crippen molar-refractivity contribution in [1.29, 1.82) is 0 Å². The molecule has 0 radical (unpaired) electrons. The number of benzene rings is 1. The molecule has 116 valence electrons. The van der Waals surface area contributed by atoms with E-state index in [1.807, 2.05) is 39.0 Å². The van der Waals surface area contributed by atoms with Crippen LogP contribution in [0.25, 0.3) is 0 Å². The molecule has 0 aliphatic rings. The maximum absolute atomic E-state index is 12.0. The second-order valence-corrected chi connectivity index (χ2v) is 5.18. The fraction of sp³-hybridized carbons (Fsp3) is 0.333. The van der Waals surface area contributed by atoms with Crippen LogP contribution in [-0.2, 0) is 11.3 Å². The molecule has 0 saturated heterocycles. The highest BCUT2D eigenvalue weighted by Gasteiger charge is 2.14. The number of aromatic nitrogens is 3. The smallest absolute Gasteiger partial charge is 0.358 e. The lowest BCUT2D eigenvalue weighted by atomic mass is 9.98. The minimum atomic E-state index is -1.17. The summed E-state index contributed by atoms with van der Waals surface area (Å²) in [6, 6.07) is 5.81. The number of carbonyl (C=O) groups excluding carboxylic acids is 1. The number of nitrogens with one attached hydrogen (secondary N) is 1. The van der Waals surface area contributed by atoms with Gasteiger partial charge in [0.05, 0.1) is 12.2 Å². The maximum Gasteiger partial charge on any atom is 0.358 e. The van der Waals surface area contributed by atoms with Crippen molar-refractivity contribution >= 4 is 11.9 Å². The van der Waals surface area contributed by atoms with Crippen LogP contribution in [0, 0.1) is 13.8 Å². The predicted molar refractivity (Wildman–Crippen MR) is 79.5 cm³/mol. The number of rotatable bonds is 5. The van der Waals surface area contributed by atoms with E-state index in [9.17, 15) is 9.59 Å². The van der Waals surface area contributed by atoms with Crippen LogP contribution in [0.5, 0.6) is 0 Å². The molecule has 7 nitrogen and oxygen atoms in total. The molecule has 1 atom stereocenters. The van der Waals surface area contributed by atoms with E-state index in [0.717, 1.165) is 11.1 Å². The van der Waals surface area contributed by atoms with E-state index in [0.29, 0.717) is 0 Å². The van der Waals surface area contributed by atoms with Crippen molar-refractivity contribution in [3.63, 3.8) is 0 Å². The van der Waals surface area contributed by atoms with Gasteiger partial charge in [-0.15, -0.1) is 5.10 Å². The Morgan fingerprint density at radius 3 is 2.73 bits per heavy atom. The molecular formula is C15H18N4O3. The van der Waals surface area contributed by atoms with Crippen LogP contribution in [0.3, 0.4) is 0 Å². The molecule has 1 heterocycles. The summed E-state index contributed by atoms with van der Waals surface area (Å²) in [4.78, 5) is 22.7. The highest BCUT2D eigenvalue weighted by atomic mass is 16.4. The summed E-state index contributed by atoms with van der Waals surface area (Å²) < 4.78 is 1.20. The van der Waals surface area contributed by atoms with Crippen LogP contribution in [0.2, 0.25) is 0 Å². The predicted octanol–water partition coefficient (Wildman–Crippen LogP) is 1.47. The molecule has 0 aliphatic carbocycles. The van der Waals surface area contributed by atoms with Crippen LogP contribution in [0.15, 0.2) is 24.4 Å². The summed E-state index contributed by atoms with van der Waals surface area (Å²) >= 11 is 0. The Morgan fingerprint density at radius 2 is 2.09 bits per heavy atom. The van der Waals surface area contributed by atoms with Gasteiger partial charge in [0.25, 0.3) is 0 Å². The number of hydrogen-bond acceptors (Lipinski definition) is 4. The Labute approximate surface area is 128 Å². The third-order valence-electron chi connectivity index (χ3n) is 3.55. The van der Waals surface area contributed by atoms with Crippen molar-refractivity contribution in [2.75, 3.05) is 0 Å². The van der Waals surface area contributed by atoms with Crippen molar-refractivity contribution in [2.24, 2.45) is 0 Å². The van der Waals surface area contributed by atoms with Crippen LogP contribution < -0.4 is 5.32 Å². The molecule has 1 amide bonds.